The van der Waals surface area contributed by atoms with E-state index in [1.54, 1.807) is 0 Å². The third kappa shape index (κ3) is 54.4. The summed E-state index contributed by atoms with van der Waals surface area (Å²) in [6.07, 6.45) is 74.4. The van der Waals surface area contributed by atoms with Crippen LogP contribution in [0.1, 0.15) is 448 Å². The van der Waals surface area contributed by atoms with Gasteiger partial charge in [0.05, 0.1) is 39.6 Å². The zero-order valence-electron chi connectivity index (χ0n) is 71.3. The van der Waals surface area contributed by atoms with Crippen LogP contribution < -0.4 is 49.7 Å². The van der Waals surface area contributed by atoms with Crippen molar-refractivity contribution in [3.63, 3.8) is 0 Å². The topological polar surface area (TPSA) is 176 Å². The first-order valence-electron chi connectivity index (χ1n) is 46.4. The molecular weight excluding hydrogens is 1380 g/mol. The lowest BCUT2D eigenvalue weighted by Gasteiger charge is -2.19. The van der Waals surface area contributed by atoms with E-state index < -0.39 is 0 Å². The van der Waals surface area contributed by atoms with Gasteiger partial charge in [-0.3, -0.25) is 9.59 Å². The normalized spacial score (nSPS) is 11.3. The van der Waals surface area contributed by atoms with Gasteiger partial charge in [-0.1, -0.05) is 388 Å². The number of aromatic nitrogens is 3. The van der Waals surface area contributed by atoms with E-state index in [1.807, 2.05) is 24.3 Å². The number of ether oxygens (including phenoxy) is 6. The number of hydrogen-bond donors (Lipinski definition) is 4. The summed E-state index contributed by atoms with van der Waals surface area (Å²) in [4.78, 5) is 41.7. The lowest BCUT2D eigenvalue weighted by atomic mass is 10.1. The molecule has 0 fully saturated rings. The number of rotatable bonds is 82. The summed E-state index contributed by atoms with van der Waals surface area (Å²) >= 11 is 6.51. The second-order valence-electron chi connectivity index (χ2n) is 31.4. The maximum absolute atomic E-state index is 14.2. The maximum Gasteiger partial charge on any atom is 0.251 e. The number of amides is 2. The summed E-state index contributed by atoms with van der Waals surface area (Å²) in [6, 6.07) is 7.32. The molecule has 1 aromatic heterocycles. The summed E-state index contributed by atoms with van der Waals surface area (Å²) in [5, 5.41) is 12.7. The fourth-order valence-corrected chi connectivity index (χ4v) is 14.3. The molecule has 3 aromatic rings. The molecule has 15 nitrogen and oxygen atoms in total. The minimum absolute atomic E-state index is 0.00496. The monoisotopic (exact) mass is 1540 g/mol. The van der Waals surface area contributed by atoms with Gasteiger partial charge in [0.2, 0.25) is 28.7 Å². The number of carbonyl (C=O) groups is 2. The van der Waals surface area contributed by atoms with Crippen LogP contribution in [0.2, 0.25) is 5.28 Å². The van der Waals surface area contributed by atoms with Crippen LogP contribution in [0.25, 0.3) is 0 Å². The fourth-order valence-electron chi connectivity index (χ4n) is 14.2. The molecule has 2 amide bonds. The van der Waals surface area contributed by atoms with Crippen molar-refractivity contribution >= 4 is 35.3 Å². The number of nitrogens with one attached hydrogen (secondary N) is 4. The van der Waals surface area contributed by atoms with Gasteiger partial charge in [0.15, 0.2) is 23.0 Å². The second kappa shape index (κ2) is 73.3. The fraction of sp³-hybridized carbons (Fsp3) is 0.817. The van der Waals surface area contributed by atoms with Crippen molar-refractivity contribution in [2.24, 2.45) is 0 Å². The molecule has 628 valence electrons. The van der Waals surface area contributed by atoms with E-state index in [4.69, 9.17) is 40.0 Å². The van der Waals surface area contributed by atoms with Crippen LogP contribution in [-0.4, -0.2) is 92.6 Å². The van der Waals surface area contributed by atoms with Crippen molar-refractivity contribution in [2.75, 3.05) is 76.5 Å². The third-order valence-electron chi connectivity index (χ3n) is 21.1. The van der Waals surface area contributed by atoms with Crippen LogP contribution in [0.5, 0.6) is 34.5 Å². The molecular formula is C93H166ClN7O8. The number of nitrogens with zero attached hydrogens (tertiary/aromatic N) is 3. The summed E-state index contributed by atoms with van der Waals surface area (Å²) < 4.78 is 39.7. The number of hydrogen-bond acceptors (Lipinski definition) is 13. The molecule has 4 N–H and O–H groups in total. The molecule has 2 aromatic carbocycles. The maximum atomic E-state index is 14.2. The van der Waals surface area contributed by atoms with Gasteiger partial charge in [-0.15, -0.1) is 0 Å². The Morgan fingerprint density at radius 2 is 0.440 bits per heavy atom. The van der Waals surface area contributed by atoms with E-state index in [-0.39, 0.29) is 42.1 Å². The number of halogens is 1. The molecule has 0 aliphatic heterocycles. The molecule has 0 aliphatic rings. The Bertz CT molecular complexity index is 2320. The van der Waals surface area contributed by atoms with E-state index in [9.17, 15) is 9.59 Å². The van der Waals surface area contributed by atoms with Crippen molar-refractivity contribution in [1.82, 2.24) is 25.6 Å². The average molecular weight is 1550 g/mol. The minimum atomic E-state index is -0.251. The van der Waals surface area contributed by atoms with Gasteiger partial charge in [0, 0.05) is 37.3 Å². The van der Waals surface area contributed by atoms with E-state index in [0.717, 1.165) is 77.0 Å². The SMILES string of the molecule is CCCCCCCCCCCCOc1cc(C(=O)NCCNc2nc(Cl)nc(NCCNC(=O)c3cc(OCCCCCCCCCCCC)c(OCCCCCCCCCCCC)c(OCCCCCCCCCCCC)c3)n2)cc(OCCCCCCCCCCCC)c1OCCCCCCCCCCCC. The number of benzene rings is 2. The molecule has 0 saturated heterocycles. The smallest absolute Gasteiger partial charge is 0.251 e. The van der Waals surface area contributed by atoms with Crippen LogP contribution in [0.3, 0.4) is 0 Å². The first-order chi connectivity index (χ1) is 53.8. The zero-order chi connectivity index (χ0) is 78.0. The Balaban J connectivity index is 1.74. The Morgan fingerprint density at radius 1 is 0.257 bits per heavy atom. The summed E-state index contributed by atoms with van der Waals surface area (Å²) in [6.45, 7) is 18.1. The molecule has 0 saturated carbocycles. The largest absolute Gasteiger partial charge is 0.490 e. The van der Waals surface area contributed by atoms with Crippen LogP contribution in [0.15, 0.2) is 24.3 Å². The van der Waals surface area contributed by atoms with Gasteiger partial charge in [-0.05, 0) is 74.4 Å². The van der Waals surface area contributed by atoms with Crippen molar-refractivity contribution in [3.8, 4) is 34.5 Å². The molecule has 0 radical (unpaired) electrons. The van der Waals surface area contributed by atoms with E-state index in [1.165, 1.54) is 308 Å². The van der Waals surface area contributed by atoms with Gasteiger partial charge in [0.25, 0.3) is 11.8 Å². The van der Waals surface area contributed by atoms with Gasteiger partial charge in [0.1, 0.15) is 0 Å². The van der Waals surface area contributed by atoms with Crippen LogP contribution >= 0.6 is 11.6 Å². The minimum Gasteiger partial charge on any atom is -0.490 e. The Hall–Kier alpha value is -4.92. The summed E-state index contributed by atoms with van der Waals surface area (Å²) in [5.41, 5.74) is 0.901. The molecule has 3 rings (SSSR count). The van der Waals surface area contributed by atoms with Crippen LogP contribution in [0.4, 0.5) is 11.9 Å². The highest BCUT2D eigenvalue weighted by atomic mass is 35.5. The first kappa shape index (κ1) is 98.3. The van der Waals surface area contributed by atoms with E-state index in [2.05, 4.69) is 77.8 Å². The van der Waals surface area contributed by atoms with Crippen LogP contribution in [-0.2, 0) is 0 Å². The van der Waals surface area contributed by atoms with E-state index in [0.29, 0.717) is 98.4 Å². The highest BCUT2D eigenvalue weighted by Gasteiger charge is 2.22. The second-order valence-corrected chi connectivity index (χ2v) is 31.7. The first-order valence-corrected chi connectivity index (χ1v) is 46.7. The van der Waals surface area contributed by atoms with Gasteiger partial charge in [-0.25, -0.2) is 0 Å². The molecule has 109 heavy (non-hydrogen) atoms. The zero-order valence-corrected chi connectivity index (χ0v) is 72.0. The third-order valence-corrected chi connectivity index (χ3v) is 21.2. The molecule has 0 atom stereocenters. The van der Waals surface area contributed by atoms with Crippen molar-refractivity contribution in [3.05, 3.63) is 40.7 Å². The predicted molar refractivity (Wildman–Crippen MR) is 463 cm³/mol. The molecule has 1 heterocycles. The predicted octanol–water partition coefficient (Wildman–Crippen LogP) is 28.0. The van der Waals surface area contributed by atoms with Crippen molar-refractivity contribution in [1.29, 1.82) is 0 Å². The highest BCUT2D eigenvalue weighted by molar-refractivity contribution is 6.28. The molecule has 0 spiro atoms. The molecule has 0 bridgehead atoms. The lowest BCUT2D eigenvalue weighted by Crippen LogP contribution is -2.30. The Kier molecular flexibility index (Phi) is 66.1. The Labute approximate surface area is 673 Å². The van der Waals surface area contributed by atoms with Crippen LogP contribution in [0, 0.1) is 0 Å². The summed E-state index contributed by atoms with van der Waals surface area (Å²) in [5.74, 6) is 3.43. The van der Waals surface area contributed by atoms with E-state index >= 15 is 0 Å². The average Bonchev–Trinajstić information content (AvgIpc) is 0.820. The Morgan fingerprint density at radius 3 is 0.642 bits per heavy atom. The van der Waals surface area contributed by atoms with Gasteiger partial charge < -0.3 is 49.7 Å². The van der Waals surface area contributed by atoms with Crippen molar-refractivity contribution in [2.45, 2.75) is 427 Å². The molecule has 0 aliphatic carbocycles. The van der Waals surface area contributed by atoms with Gasteiger partial charge in [-0.2, -0.15) is 15.0 Å². The summed E-state index contributed by atoms with van der Waals surface area (Å²) in [7, 11) is 0. The number of carbonyl (C=O) groups excluding carboxylic acids is 2. The molecule has 16 heteroatoms. The highest BCUT2D eigenvalue weighted by Crippen LogP contribution is 2.42. The number of anilines is 2. The molecule has 0 unspecified atom stereocenters. The van der Waals surface area contributed by atoms with Crippen molar-refractivity contribution < 1.29 is 38.0 Å². The number of unbranched alkanes of at least 4 members (excludes halogenated alkanes) is 54. The van der Waals surface area contributed by atoms with Gasteiger partial charge >= 0.3 is 0 Å². The standard InChI is InChI=1S/C93H166ClN7O8/c1-7-13-19-25-31-37-43-49-55-61-71-104-83-77-81(78-84(105-72-62-56-50-44-38-32-26-20-14-8-2)87(83)108-75-65-59-53-47-41-35-29-23-17-11-5)89(102)95-67-69-97-92-99-91(94)100-93(101-92)98-70-68-96-90(103)82-79-85(106-73-63-57-51-45-39-33-27-21-15-9-3)88(109-76-66-60-54-48-42-36-30-24-18-12-6)86(80-82)107-74-64-58-52-46-40-34-28-22-16-10-4/h77-80H,7-76H2,1-6H3,(H,95,102)(H,96,103)(H2,97,98,99,100,101). The lowest BCUT2D eigenvalue weighted by molar-refractivity contribution is 0.0946. The quantitative estimate of drug-likeness (QED) is 0.0393.